The fourth-order valence-corrected chi connectivity index (χ4v) is 3.82. The lowest BCUT2D eigenvalue weighted by molar-refractivity contribution is -0.253. The number of amidine groups is 1. The monoisotopic (exact) mass is 397 g/mol. The van der Waals surface area contributed by atoms with Crippen LogP contribution in [0.4, 0.5) is 13.2 Å². The summed E-state index contributed by atoms with van der Waals surface area (Å²) in [6.07, 6.45) is -5.59. The van der Waals surface area contributed by atoms with Crippen molar-refractivity contribution in [1.29, 1.82) is 5.26 Å². The van der Waals surface area contributed by atoms with Crippen LogP contribution in [0.5, 0.6) is 0 Å². The first kappa shape index (κ1) is 20.4. The van der Waals surface area contributed by atoms with Crippen LogP contribution in [0.25, 0.3) is 0 Å². The molecular weight excluding hydrogens is 383 g/mol. The Labute approximate surface area is 153 Å². The van der Waals surface area contributed by atoms with Crippen LogP contribution in [0.2, 0.25) is 0 Å². The van der Waals surface area contributed by atoms with Crippen molar-refractivity contribution in [2.24, 2.45) is 10.7 Å². The van der Waals surface area contributed by atoms with Crippen LogP contribution in [-0.2, 0) is 9.84 Å². The molecule has 2 rings (SSSR count). The van der Waals surface area contributed by atoms with E-state index in [2.05, 4.69) is 4.99 Å². The highest BCUT2D eigenvalue weighted by Crippen LogP contribution is 2.39. The van der Waals surface area contributed by atoms with E-state index in [4.69, 9.17) is 5.73 Å². The Morgan fingerprint density at radius 2 is 1.56 bits per heavy atom. The second-order valence-corrected chi connectivity index (χ2v) is 7.49. The summed E-state index contributed by atoms with van der Waals surface area (Å²) in [5.74, 6) is -0.765. The first-order valence-corrected chi connectivity index (χ1v) is 8.97. The molecule has 0 aliphatic carbocycles. The SMILES string of the molecule is N#CC(C(O)(/N=C(\N)c1ccccc1)C(F)(F)F)S(=O)(=O)c1ccccc1. The number of rotatable bonds is 5. The van der Waals surface area contributed by atoms with Gasteiger partial charge in [0.1, 0.15) is 5.84 Å². The Morgan fingerprint density at radius 3 is 2.00 bits per heavy atom. The van der Waals surface area contributed by atoms with Gasteiger partial charge in [-0.1, -0.05) is 48.5 Å². The molecule has 2 unspecified atom stereocenters. The Hall–Kier alpha value is -2.90. The molecule has 2 aromatic rings. The molecule has 3 N–H and O–H groups in total. The number of hydrogen-bond donors (Lipinski definition) is 2. The number of nitrogens with zero attached hydrogens (tertiary/aromatic N) is 2. The van der Waals surface area contributed by atoms with Gasteiger partial charge in [0.25, 0.3) is 5.72 Å². The van der Waals surface area contributed by atoms with Gasteiger partial charge in [-0.15, -0.1) is 0 Å². The zero-order valence-corrected chi connectivity index (χ0v) is 14.4. The van der Waals surface area contributed by atoms with Crippen molar-refractivity contribution in [3.63, 3.8) is 0 Å². The standard InChI is InChI=1S/C17H14F3N3O3S/c18-17(19,20)16(24,23-15(22)12-7-3-1-4-8-12)14(11-21)27(25,26)13-9-5-2-6-10-13/h1-10,14,24H,(H2,22,23). The van der Waals surface area contributed by atoms with Gasteiger partial charge in [-0.25, -0.2) is 13.4 Å². The maximum absolute atomic E-state index is 13.6. The minimum absolute atomic E-state index is 0.0222. The summed E-state index contributed by atoms with van der Waals surface area (Å²) in [4.78, 5) is 2.47. The summed E-state index contributed by atoms with van der Waals surface area (Å²) >= 11 is 0. The summed E-state index contributed by atoms with van der Waals surface area (Å²) < 4.78 is 66.1. The molecule has 0 bridgehead atoms. The van der Waals surface area contributed by atoms with Gasteiger partial charge in [-0.2, -0.15) is 18.4 Å². The third kappa shape index (κ3) is 3.94. The summed E-state index contributed by atoms with van der Waals surface area (Å²) in [5.41, 5.74) is 1.29. The fraction of sp³-hybridized carbons (Fsp3) is 0.176. The Kier molecular flexibility index (Phi) is 5.58. The third-order valence-electron chi connectivity index (χ3n) is 3.64. The summed E-state index contributed by atoms with van der Waals surface area (Å²) in [7, 11) is -4.91. The zero-order chi connectivity index (χ0) is 20.3. The molecule has 142 valence electrons. The van der Waals surface area contributed by atoms with Gasteiger partial charge in [-0.05, 0) is 12.1 Å². The van der Waals surface area contributed by atoms with Gasteiger partial charge >= 0.3 is 6.18 Å². The van der Waals surface area contributed by atoms with E-state index in [0.29, 0.717) is 0 Å². The van der Waals surface area contributed by atoms with Crippen molar-refractivity contribution >= 4 is 15.7 Å². The molecule has 10 heteroatoms. The fourth-order valence-electron chi connectivity index (χ4n) is 2.25. The summed E-state index contributed by atoms with van der Waals surface area (Å²) in [5, 5.41) is 16.5. The van der Waals surface area contributed by atoms with E-state index in [1.54, 1.807) is 6.07 Å². The average Bonchev–Trinajstić information content (AvgIpc) is 2.62. The number of benzene rings is 2. The summed E-state index contributed by atoms with van der Waals surface area (Å²) in [6.45, 7) is 0. The normalized spacial score (nSPS) is 16.2. The van der Waals surface area contributed by atoms with E-state index >= 15 is 0 Å². The topological polar surface area (TPSA) is 117 Å². The molecule has 0 fully saturated rings. The van der Waals surface area contributed by atoms with Crippen molar-refractivity contribution in [3.05, 3.63) is 66.2 Å². The maximum Gasteiger partial charge on any atom is 0.440 e. The molecule has 2 atom stereocenters. The number of alkyl halides is 3. The van der Waals surface area contributed by atoms with Gasteiger partial charge in [0.2, 0.25) is 5.25 Å². The number of halogens is 3. The third-order valence-corrected chi connectivity index (χ3v) is 5.63. The minimum atomic E-state index is -5.59. The van der Waals surface area contributed by atoms with E-state index in [1.165, 1.54) is 42.5 Å². The van der Waals surface area contributed by atoms with E-state index in [1.807, 2.05) is 0 Å². The van der Waals surface area contributed by atoms with Crippen molar-refractivity contribution in [2.75, 3.05) is 0 Å². The van der Waals surface area contributed by atoms with E-state index in [-0.39, 0.29) is 5.56 Å². The first-order chi connectivity index (χ1) is 12.5. The summed E-state index contributed by atoms with van der Waals surface area (Å²) in [6, 6.07) is 14.2. The number of sulfone groups is 1. The molecule has 0 spiro atoms. The number of nitriles is 1. The Bertz CT molecular complexity index is 971. The van der Waals surface area contributed by atoms with Gasteiger partial charge in [0.15, 0.2) is 9.84 Å². The lowest BCUT2D eigenvalue weighted by Gasteiger charge is -2.30. The van der Waals surface area contributed by atoms with Crippen molar-refractivity contribution in [3.8, 4) is 6.07 Å². The highest BCUT2D eigenvalue weighted by Gasteiger charge is 2.64. The van der Waals surface area contributed by atoms with Crippen molar-refractivity contribution in [1.82, 2.24) is 0 Å². The van der Waals surface area contributed by atoms with Crippen LogP contribution in [0, 0.1) is 11.3 Å². The predicted octanol–water partition coefficient (Wildman–Crippen LogP) is 2.01. The second kappa shape index (κ2) is 7.38. The molecule has 2 aromatic carbocycles. The quantitative estimate of drug-likeness (QED) is 0.591. The van der Waals surface area contributed by atoms with Crippen LogP contribution in [0.3, 0.4) is 0 Å². The molecule has 0 aromatic heterocycles. The molecule has 0 amide bonds. The molecule has 0 saturated carbocycles. The Morgan fingerprint density at radius 1 is 1.07 bits per heavy atom. The van der Waals surface area contributed by atoms with Gasteiger partial charge in [0, 0.05) is 5.56 Å². The van der Waals surface area contributed by atoms with Gasteiger partial charge < -0.3 is 10.8 Å². The molecule has 0 heterocycles. The van der Waals surface area contributed by atoms with E-state index in [9.17, 15) is 32.0 Å². The second-order valence-electron chi connectivity index (χ2n) is 5.45. The van der Waals surface area contributed by atoms with Crippen LogP contribution < -0.4 is 5.73 Å². The zero-order valence-electron chi connectivity index (χ0n) is 13.6. The van der Waals surface area contributed by atoms with Gasteiger partial charge in [0.05, 0.1) is 11.0 Å². The smallest absolute Gasteiger partial charge is 0.383 e. The van der Waals surface area contributed by atoms with Crippen LogP contribution >= 0.6 is 0 Å². The molecule has 0 saturated heterocycles. The van der Waals surface area contributed by atoms with Crippen molar-refractivity contribution in [2.45, 2.75) is 22.0 Å². The molecule has 0 radical (unpaired) electrons. The highest BCUT2D eigenvalue weighted by atomic mass is 32.2. The maximum atomic E-state index is 13.6. The number of aliphatic imine (C=N–C) groups is 1. The minimum Gasteiger partial charge on any atom is -0.383 e. The van der Waals surface area contributed by atoms with E-state index in [0.717, 1.165) is 18.2 Å². The lowest BCUT2D eigenvalue weighted by atomic mass is 10.1. The van der Waals surface area contributed by atoms with Crippen LogP contribution in [0.15, 0.2) is 70.6 Å². The molecule has 0 aliphatic heterocycles. The molecular formula is C17H14F3N3O3S. The first-order valence-electron chi connectivity index (χ1n) is 7.42. The number of nitrogens with two attached hydrogens (primary N) is 1. The van der Waals surface area contributed by atoms with Crippen LogP contribution in [0.1, 0.15) is 5.56 Å². The lowest BCUT2D eigenvalue weighted by Crippen LogP contribution is -2.56. The van der Waals surface area contributed by atoms with Crippen LogP contribution in [-0.4, -0.2) is 36.5 Å². The van der Waals surface area contributed by atoms with E-state index < -0.39 is 37.7 Å². The molecule has 0 aliphatic rings. The average molecular weight is 397 g/mol. The Balaban J connectivity index is 2.66. The van der Waals surface area contributed by atoms with Crippen molar-refractivity contribution < 1.29 is 26.7 Å². The predicted molar refractivity (Wildman–Crippen MR) is 91.2 cm³/mol. The number of aliphatic hydroxyl groups is 1. The number of hydrogen-bond acceptors (Lipinski definition) is 5. The largest absolute Gasteiger partial charge is 0.440 e. The molecule has 6 nitrogen and oxygen atoms in total. The highest BCUT2D eigenvalue weighted by molar-refractivity contribution is 7.92. The molecule has 27 heavy (non-hydrogen) atoms. The van der Waals surface area contributed by atoms with Gasteiger partial charge in [-0.3, -0.25) is 0 Å².